The predicted molar refractivity (Wildman–Crippen MR) is 101 cm³/mol. The zero-order chi connectivity index (χ0) is 17.2. The van der Waals surface area contributed by atoms with Crippen LogP contribution in [0.5, 0.6) is 0 Å². The Morgan fingerprint density at radius 1 is 1.04 bits per heavy atom. The number of hydrogen-bond acceptors (Lipinski definition) is 2. The first-order valence-electron chi connectivity index (χ1n) is 8.79. The summed E-state index contributed by atoms with van der Waals surface area (Å²) < 4.78 is 4.94. The Kier molecular flexibility index (Phi) is 4.51. The predicted octanol–water partition coefficient (Wildman–Crippen LogP) is 2.37. The second-order valence-corrected chi connectivity index (χ2v) is 7.12. The molecule has 0 spiro atoms. The first kappa shape index (κ1) is 16.2. The highest BCUT2D eigenvalue weighted by Crippen LogP contribution is 2.11. The second-order valence-electron chi connectivity index (χ2n) is 6.75. The van der Waals surface area contributed by atoms with Crippen LogP contribution in [0.1, 0.15) is 22.5 Å². The molecule has 1 aliphatic rings. The van der Waals surface area contributed by atoms with E-state index in [0.717, 1.165) is 43.3 Å². The van der Waals surface area contributed by atoms with Gasteiger partial charge in [0.05, 0.1) is 13.1 Å². The van der Waals surface area contributed by atoms with Gasteiger partial charge in [-0.25, -0.2) is 0 Å². The van der Waals surface area contributed by atoms with Crippen molar-refractivity contribution in [1.82, 2.24) is 14.3 Å². The number of quaternary nitrogens is 1. The highest BCUT2D eigenvalue weighted by Gasteiger charge is 2.20. The summed E-state index contributed by atoms with van der Waals surface area (Å²) in [6.07, 6.45) is 1.13. The maximum atomic E-state index is 5.71. The Hall–Kier alpha value is -2.24. The molecule has 0 saturated carbocycles. The highest BCUT2D eigenvalue weighted by atomic mass is 32.1. The van der Waals surface area contributed by atoms with E-state index in [1.807, 2.05) is 17.7 Å². The van der Waals surface area contributed by atoms with Crippen molar-refractivity contribution in [3.8, 4) is 0 Å². The van der Waals surface area contributed by atoms with Gasteiger partial charge in [-0.05, 0) is 30.3 Å². The summed E-state index contributed by atoms with van der Waals surface area (Å²) in [6, 6.07) is 19.2. The topological polar surface area (TPSA) is 27.2 Å². The van der Waals surface area contributed by atoms with E-state index in [-0.39, 0.29) is 0 Å². The molecule has 2 heterocycles. The zero-order valence-corrected chi connectivity index (χ0v) is 15.3. The lowest BCUT2D eigenvalue weighted by Crippen LogP contribution is -3.11. The number of hydrogen-bond donors (Lipinski definition) is 1. The first-order chi connectivity index (χ1) is 12.2. The molecule has 2 aromatic carbocycles. The van der Waals surface area contributed by atoms with Gasteiger partial charge < -0.3 is 4.90 Å². The average Bonchev–Trinajstić information content (AvgIpc) is 2.90. The lowest BCUT2D eigenvalue weighted by molar-refractivity contribution is -0.939. The quantitative estimate of drug-likeness (QED) is 0.731. The Labute approximate surface area is 153 Å². The number of nitrogens with one attached hydrogen (secondary N) is 1. The minimum absolute atomic E-state index is 0.781. The van der Waals surface area contributed by atoms with Crippen molar-refractivity contribution in [1.29, 1.82) is 0 Å². The van der Waals surface area contributed by atoms with Gasteiger partial charge in [0, 0.05) is 12.0 Å². The maximum absolute atomic E-state index is 5.71. The van der Waals surface area contributed by atoms with Crippen LogP contribution in [0.25, 0.3) is 0 Å². The van der Waals surface area contributed by atoms with Crippen LogP contribution >= 0.6 is 12.2 Å². The molecule has 128 valence electrons. The van der Waals surface area contributed by atoms with Crippen LogP contribution in [0.2, 0.25) is 0 Å². The van der Waals surface area contributed by atoms with Crippen molar-refractivity contribution in [2.75, 3.05) is 6.54 Å². The second kappa shape index (κ2) is 6.94. The molecule has 4 nitrogen and oxygen atoms in total. The summed E-state index contributed by atoms with van der Waals surface area (Å²) >= 11 is 5.71. The Morgan fingerprint density at radius 2 is 1.76 bits per heavy atom. The van der Waals surface area contributed by atoms with Crippen LogP contribution in [0.4, 0.5) is 0 Å². The molecule has 1 atom stereocenters. The van der Waals surface area contributed by atoms with E-state index < -0.39 is 0 Å². The number of fused-ring (bicyclic) bond motifs is 1. The van der Waals surface area contributed by atoms with Gasteiger partial charge in [-0.2, -0.15) is 9.78 Å². The summed E-state index contributed by atoms with van der Waals surface area (Å²) in [5.74, 6) is 0.977. The monoisotopic (exact) mass is 351 g/mol. The minimum Gasteiger partial charge on any atom is -0.312 e. The summed E-state index contributed by atoms with van der Waals surface area (Å²) in [6.45, 7) is 5.82. The van der Waals surface area contributed by atoms with E-state index in [4.69, 9.17) is 17.3 Å². The molecule has 0 aliphatic carbocycles. The van der Waals surface area contributed by atoms with E-state index in [0.29, 0.717) is 0 Å². The molecule has 4 rings (SSSR count). The minimum atomic E-state index is 0.781. The Balaban J connectivity index is 1.52. The van der Waals surface area contributed by atoms with Crippen LogP contribution in [-0.4, -0.2) is 20.9 Å². The van der Waals surface area contributed by atoms with Gasteiger partial charge >= 0.3 is 0 Å². The lowest BCUT2D eigenvalue weighted by atomic mass is 10.0. The highest BCUT2D eigenvalue weighted by molar-refractivity contribution is 7.71. The largest absolute Gasteiger partial charge is 0.312 e. The van der Waals surface area contributed by atoms with Gasteiger partial charge in [0.1, 0.15) is 12.4 Å². The average molecular weight is 351 g/mol. The molecule has 1 unspecified atom stereocenters. The van der Waals surface area contributed by atoms with Crippen molar-refractivity contribution >= 4 is 12.2 Å². The number of rotatable bonds is 4. The summed E-state index contributed by atoms with van der Waals surface area (Å²) in [5.41, 5.74) is 4.19. The van der Waals surface area contributed by atoms with Gasteiger partial charge in [0.25, 0.3) is 0 Å². The molecule has 1 N–H and O–H groups in total. The third kappa shape index (κ3) is 3.43. The zero-order valence-electron chi connectivity index (χ0n) is 14.5. The molecule has 0 fully saturated rings. The third-order valence-electron chi connectivity index (χ3n) is 4.97. The van der Waals surface area contributed by atoms with Crippen LogP contribution in [0.15, 0.2) is 54.6 Å². The van der Waals surface area contributed by atoms with Gasteiger partial charge in [0.15, 0.2) is 6.67 Å². The Bertz CT molecular complexity index is 926. The molecule has 1 aromatic heterocycles. The van der Waals surface area contributed by atoms with Crippen LogP contribution < -0.4 is 4.90 Å². The van der Waals surface area contributed by atoms with E-state index in [2.05, 4.69) is 53.1 Å². The molecule has 1 aliphatic heterocycles. The molecule has 3 aromatic rings. The number of aryl methyl sites for hydroxylation is 1. The molecular formula is C20H23N4S+. The fraction of sp³-hybridized carbons (Fsp3) is 0.300. The van der Waals surface area contributed by atoms with Crippen molar-refractivity contribution in [3.63, 3.8) is 0 Å². The number of benzene rings is 2. The van der Waals surface area contributed by atoms with E-state index in [9.17, 15) is 0 Å². The standard InChI is InChI=1S/C20H22N4S/c1-16-21-24(20(25)23(16)13-17-7-3-2-4-8-17)15-22-12-11-18-9-5-6-10-19(18)14-22/h2-10H,11-15H2,1H3/p+1. The lowest BCUT2D eigenvalue weighted by Gasteiger charge is -2.25. The molecule has 0 radical (unpaired) electrons. The number of nitrogens with zero attached hydrogens (tertiary/aromatic N) is 3. The van der Waals surface area contributed by atoms with Crippen LogP contribution in [0, 0.1) is 11.7 Å². The van der Waals surface area contributed by atoms with Crippen LogP contribution in [0.3, 0.4) is 0 Å². The van der Waals surface area contributed by atoms with E-state index in [1.54, 1.807) is 0 Å². The van der Waals surface area contributed by atoms with Crippen molar-refractivity contribution in [2.24, 2.45) is 0 Å². The molecule has 0 bridgehead atoms. The van der Waals surface area contributed by atoms with Crippen LogP contribution in [-0.2, 0) is 26.2 Å². The molecule has 0 amide bonds. The molecular weight excluding hydrogens is 328 g/mol. The molecule has 25 heavy (non-hydrogen) atoms. The fourth-order valence-corrected chi connectivity index (χ4v) is 3.89. The molecule has 5 heteroatoms. The van der Waals surface area contributed by atoms with Crippen molar-refractivity contribution < 1.29 is 4.90 Å². The summed E-state index contributed by atoms with van der Waals surface area (Å²) in [7, 11) is 0. The van der Waals surface area contributed by atoms with E-state index >= 15 is 0 Å². The summed E-state index contributed by atoms with van der Waals surface area (Å²) in [4.78, 5) is 1.51. The molecule has 0 saturated heterocycles. The Morgan fingerprint density at radius 3 is 2.56 bits per heavy atom. The van der Waals surface area contributed by atoms with Gasteiger partial charge in [0.2, 0.25) is 4.77 Å². The third-order valence-corrected chi connectivity index (χ3v) is 5.40. The van der Waals surface area contributed by atoms with E-state index in [1.165, 1.54) is 21.6 Å². The number of aromatic nitrogens is 3. The van der Waals surface area contributed by atoms with Crippen molar-refractivity contribution in [2.45, 2.75) is 33.1 Å². The normalized spacial score (nSPS) is 16.6. The SMILES string of the molecule is Cc1nn(C[NH+]2CCc3ccccc3C2)c(=S)n1Cc1ccccc1. The smallest absolute Gasteiger partial charge is 0.203 e. The van der Waals surface area contributed by atoms with Crippen molar-refractivity contribution in [3.05, 3.63) is 81.9 Å². The maximum Gasteiger partial charge on any atom is 0.203 e. The van der Waals surface area contributed by atoms with Gasteiger partial charge in [-0.1, -0.05) is 54.6 Å². The van der Waals surface area contributed by atoms with Gasteiger partial charge in [-0.3, -0.25) is 4.57 Å². The summed E-state index contributed by atoms with van der Waals surface area (Å²) in [5, 5.41) is 4.71. The first-order valence-corrected chi connectivity index (χ1v) is 9.20. The van der Waals surface area contributed by atoms with Gasteiger partial charge in [-0.15, -0.1) is 0 Å². The fourth-order valence-electron chi connectivity index (χ4n) is 3.59.